The first-order chi connectivity index (χ1) is 11.0. The van der Waals surface area contributed by atoms with Crippen molar-refractivity contribution in [2.24, 2.45) is 0 Å². The zero-order valence-electron chi connectivity index (χ0n) is 14.0. The summed E-state index contributed by atoms with van der Waals surface area (Å²) in [5.74, 6) is 1.34. The fraction of sp³-hybridized carbons (Fsp3) is 0.412. The lowest BCUT2D eigenvalue weighted by Crippen LogP contribution is -2.22. The van der Waals surface area contributed by atoms with E-state index in [0.717, 1.165) is 24.0 Å². The number of aliphatic hydroxyl groups excluding tert-OH is 1. The van der Waals surface area contributed by atoms with E-state index in [9.17, 15) is 0 Å². The molecule has 0 aliphatic heterocycles. The monoisotopic (exact) mass is 332 g/mol. The van der Waals surface area contributed by atoms with Crippen molar-refractivity contribution >= 4 is 8.07 Å². The third-order valence-corrected chi connectivity index (χ3v) is 5.00. The van der Waals surface area contributed by atoms with Gasteiger partial charge < -0.3 is 14.6 Å². The van der Waals surface area contributed by atoms with Crippen LogP contribution in [0.3, 0.4) is 0 Å². The summed E-state index contributed by atoms with van der Waals surface area (Å²) in [7, 11) is -1.05. The Balaban J connectivity index is 1.85. The summed E-state index contributed by atoms with van der Waals surface area (Å²) >= 11 is 0. The van der Waals surface area contributed by atoms with Crippen molar-refractivity contribution in [1.29, 1.82) is 0 Å². The highest BCUT2D eigenvalue weighted by molar-refractivity contribution is 6.76. The van der Waals surface area contributed by atoms with Crippen molar-refractivity contribution in [3.8, 4) is 17.1 Å². The Morgan fingerprint density at radius 2 is 1.83 bits per heavy atom. The van der Waals surface area contributed by atoms with Gasteiger partial charge in [0.15, 0.2) is 12.6 Å². The molecule has 0 amide bonds. The molecule has 23 heavy (non-hydrogen) atoms. The topological polar surface area (TPSA) is 64.5 Å². The maximum atomic E-state index is 9.12. The number of benzene rings is 1. The van der Waals surface area contributed by atoms with Crippen LogP contribution in [0.15, 0.2) is 36.5 Å². The molecule has 0 aliphatic carbocycles. The van der Waals surface area contributed by atoms with Gasteiger partial charge >= 0.3 is 0 Å². The van der Waals surface area contributed by atoms with Gasteiger partial charge in [0.05, 0.1) is 12.3 Å². The number of nitrogens with zero attached hydrogens (tertiary/aromatic N) is 2. The highest BCUT2D eigenvalue weighted by atomic mass is 28.3. The van der Waals surface area contributed by atoms with Gasteiger partial charge in [-0.05, 0) is 36.4 Å². The molecule has 0 unspecified atom stereocenters. The normalized spacial score (nSPS) is 11.5. The van der Waals surface area contributed by atoms with Crippen molar-refractivity contribution in [3.05, 3.63) is 42.2 Å². The van der Waals surface area contributed by atoms with E-state index in [1.165, 1.54) is 0 Å². The van der Waals surface area contributed by atoms with Gasteiger partial charge in [-0.2, -0.15) is 0 Å². The molecule has 0 saturated carbocycles. The second-order valence-electron chi connectivity index (χ2n) is 6.54. The van der Waals surface area contributed by atoms with E-state index in [1.807, 2.05) is 24.3 Å². The van der Waals surface area contributed by atoms with Crippen LogP contribution in [0.5, 0.6) is 5.75 Å². The third kappa shape index (κ3) is 6.09. The molecule has 0 saturated heterocycles. The SMILES string of the molecule is C[Si](C)(C)CCOCOc1ccc(-c2nccc(CO)n2)cc1. The fourth-order valence-electron chi connectivity index (χ4n) is 1.87. The summed E-state index contributed by atoms with van der Waals surface area (Å²) in [5, 5.41) is 9.12. The molecule has 1 heterocycles. The van der Waals surface area contributed by atoms with Gasteiger partial charge in [-0.15, -0.1) is 0 Å². The summed E-state index contributed by atoms with van der Waals surface area (Å²) in [6, 6.07) is 10.4. The van der Waals surface area contributed by atoms with Crippen molar-refractivity contribution in [2.45, 2.75) is 32.3 Å². The number of ether oxygens (including phenoxy) is 2. The van der Waals surface area contributed by atoms with Crippen LogP contribution in [-0.4, -0.2) is 36.5 Å². The predicted molar refractivity (Wildman–Crippen MR) is 93.0 cm³/mol. The van der Waals surface area contributed by atoms with E-state index in [-0.39, 0.29) is 13.4 Å². The van der Waals surface area contributed by atoms with Crippen LogP contribution < -0.4 is 4.74 Å². The molecule has 1 aromatic carbocycles. The third-order valence-electron chi connectivity index (χ3n) is 3.29. The van der Waals surface area contributed by atoms with Crippen LogP contribution in [0.1, 0.15) is 5.69 Å². The Morgan fingerprint density at radius 1 is 1.09 bits per heavy atom. The average Bonchev–Trinajstić information content (AvgIpc) is 2.54. The minimum atomic E-state index is -1.05. The van der Waals surface area contributed by atoms with Gasteiger partial charge in [0, 0.05) is 26.4 Å². The van der Waals surface area contributed by atoms with Gasteiger partial charge in [0.1, 0.15) is 5.75 Å². The molecule has 124 valence electrons. The summed E-state index contributed by atoms with van der Waals surface area (Å²) in [4.78, 5) is 8.49. The van der Waals surface area contributed by atoms with Crippen LogP contribution >= 0.6 is 0 Å². The molecule has 1 aromatic heterocycles. The molecule has 0 atom stereocenters. The maximum Gasteiger partial charge on any atom is 0.189 e. The van der Waals surface area contributed by atoms with Crippen LogP contribution in [0.2, 0.25) is 25.7 Å². The second kappa shape index (κ2) is 8.19. The number of hydrogen-bond acceptors (Lipinski definition) is 5. The van der Waals surface area contributed by atoms with Crippen LogP contribution in [0.4, 0.5) is 0 Å². The minimum Gasteiger partial charge on any atom is -0.468 e. The van der Waals surface area contributed by atoms with Crippen molar-refractivity contribution in [1.82, 2.24) is 9.97 Å². The number of aliphatic hydroxyl groups is 1. The van der Waals surface area contributed by atoms with Crippen LogP contribution in [0, 0.1) is 0 Å². The molecule has 0 bridgehead atoms. The molecule has 0 aliphatic rings. The standard InChI is InChI=1S/C17H24N2O3Si/c1-23(2,3)11-10-21-13-22-16-6-4-14(5-7-16)17-18-9-8-15(12-20)19-17/h4-9,20H,10-13H2,1-3H3. The molecule has 1 N–H and O–H groups in total. The Kier molecular flexibility index (Phi) is 6.26. The minimum absolute atomic E-state index is 0.0918. The van der Waals surface area contributed by atoms with Gasteiger partial charge in [-0.3, -0.25) is 0 Å². The van der Waals surface area contributed by atoms with E-state index >= 15 is 0 Å². The average molecular weight is 332 g/mol. The van der Waals surface area contributed by atoms with Gasteiger partial charge in [0.25, 0.3) is 0 Å². The lowest BCUT2D eigenvalue weighted by atomic mass is 10.2. The summed E-state index contributed by atoms with van der Waals surface area (Å²) < 4.78 is 11.1. The van der Waals surface area contributed by atoms with Gasteiger partial charge in [0.2, 0.25) is 0 Å². The predicted octanol–water partition coefficient (Wildman–Crippen LogP) is 3.33. The zero-order valence-corrected chi connectivity index (χ0v) is 15.0. The van der Waals surface area contributed by atoms with Crippen molar-refractivity contribution in [2.75, 3.05) is 13.4 Å². The number of aromatic nitrogens is 2. The van der Waals surface area contributed by atoms with Gasteiger partial charge in [-0.1, -0.05) is 19.6 Å². The summed E-state index contributed by atoms with van der Waals surface area (Å²) in [6.07, 6.45) is 1.64. The lowest BCUT2D eigenvalue weighted by Gasteiger charge is -2.15. The van der Waals surface area contributed by atoms with E-state index in [0.29, 0.717) is 11.5 Å². The molecule has 6 heteroatoms. The van der Waals surface area contributed by atoms with Crippen molar-refractivity contribution < 1.29 is 14.6 Å². The van der Waals surface area contributed by atoms with E-state index < -0.39 is 8.07 Å². The first kappa shape index (κ1) is 17.6. The summed E-state index contributed by atoms with van der Waals surface area (Å²) in [5.41, 5.74) is 1.48. The van der Waals surface area contributed by atoms with E-state index in [2.05, 4.69) is 29.6 Å². The summed E-state index contributed by atoms with van der Waals surface area (Å²) in [6.45, 7) is 7.89. The van der Waals surface area contributed by atoms with E-state index in [4.69, 9.17) is 14.6 Å². The second-order valence-corrected chi connectivity index (χ2v) is 12.2. The van der Waals surface area contributed by atoms with Crippen molar-refractivity contribution in [3.63, 3.8) is 0 Å². The first-order valence-electron chi connectivity index (χ1n) is 7.72. The fourth-order valence-corrected chi connectivity index (χ4v) is 2.63. The molecule has 0 fully saturated rings. The Bertz CT molecular complexity index is 612. The zero-order chi connectivity index (χ0) is 16.7. The molecule has 2 aromatic rings. The van der Waals surface area contributed by atoms with Gasteiger partial charge in [-0.25, -0.2) is 9.97 Å². The maximum absolute atomic E-state index is 9.12. The Labute approximate surface area is 138 Å². The Morgan fingerprint density at radius 3 is 2.48 bits per heavy atom. The molecular formula is C17H24N2O3Si. The van der Waals surface area contributed by atoms with E-state index in [1.54, 1.807) is 12.3 Å². The molecule has 0 spiro atoms. The Hall–Kier alpha value is -1.76. The lowest BCUT2D eigenvalue weighted by molar-refractivity contribution is 0.0220. The van der Waals surface area contributed by atoms with Crippen LogP contribution in [0.25, 0.3) is 11.4 Å². The number of hydrogen-bond donors (Lipinski definition) is 1. The molecule has 2 rings (SSSR count). The molecule has 5 nitrogen and oxygen atoms in total. The van der Waals surface area contributed by atoms with Crippen LogP contribution in [-0.2, 0) is 11.3 Å². The molecular weight excluding hydrogens is 308 g/mol. The highest BCUT2D eigenvalue weighted by Crippen LogP contribution is 2.19. The highest BCUT2D eigenvalue weighted by Gasteiger charge is 2.12. The first-order valence-corrected chi connectivity index (χ1v) is 11.4. The largest absolute Gasteiger partial charge is 0.468 e. The number of rotatable bonds is 8. The smallest absolute Gasteiger partial charge is 0.189 e. The quantitative estimate of drug-likeness (QED) is 0.456. The molecule has 0 radical (unpaired) electrons.